The van der Waals surface area contributed by atoms with E-state index in [1.54, 1.807) is 0 Å². The molecule has 1 amide bonds. The molecule has 24 heavy (non-hydrogen) atoms. The van der Waals surface area contributed by atoms with Gasteiger partial charge in [-0.25, -0.2) is 0 Å². The van der Waals surface area contributed by atoms with Gasteiger partial charge in [0.15, 0.2) is 0 Å². The zero-order valence-electron chi connectivity index (χ0n) is 14.8. The molecular formula is C18H27N5O. The van der Waals surface area contributed by atoms with Gasteiger partial charge in [-0.1, -0.05) is 56.9 Å². The molecule has 1 aromatic carbocycles. The Morgan fingerprint density at radius 1 is 1.25 bits per heavy atom. The van der Waals surface area contributed by atoms with Crippen LogP contribution in [0.4, 0.5) is 0 Å². The molecule has 0 radical (unpaired) electrons. The lowest BCUT2D eigenvalue weighted by atomic mass is 10.1. The van der Waals surface area contributed by atoms with Crippen molar-refractivity contribution in [2.75, 3.05) is 0 Å². The number of rotatable bonds is 9. The normalized spacial score (nSPS) is 12.1. The summed E-state index contributed by atoms with van der Waals surface area (Å²) in [7, 11) is 0. The van der Waals surface area contributed by atoms with Crippen molar-refractivity contribution in [3.8, 4) is 11.4 Å². The third kappa shape index (κ3) is 5.44. The van der Waals surface area contributed by atoms with Gasteiger partial charge in [0.1, 0.15) is 6.54 Å². The van der Waals surface area contributed by atoms with E-state index < -0.39 is 0 Å². The fourth-order valence-corrected chi connectivity index (χ4v) is 2.64. The van der Waals surface area contributed by atoms with Gasteiger partial charge in [0.2, 0.25) is 11.7 Å². The number of carbonyl (C=O) groups excluding carboxylic acids is 1. The van der Waals surface area contributed by atoms with Crippen LogP contribution in [0, 0.1) is 6.92 Å². The van der Waals surface area contributed by atoms with Crippen LogP contribution in [-0.4, -0.2) is 32.2 Å². The first-order valence-corrected chi connectivity index (χ1v) is 8.73. The summed E-state index contributed by atoms with van der Waals surface area (Å²) < 4.78 is 0. The van der Waals surface area contributed by atoms with Crippen LogP contribution in [0.1, 0.15) is 51.5 Å². The number of carbonyl (C=O) groups is 1. The van der Waals surface area contributed by atoms with Gasteiger partial charge in [-0.3, -0.25) is 4.79 Å². The number of benzene rings is 1. The van der Waals surface area contributed by atoms with Crippen LogP contribution in [0.2, 0.25) is 0 Å². The molecular weight excluding hydrogens is 302 g/mol. The van der Waals surface area contributed by atoms with E-state index >= 15 is 0 Å². The summed E-state index contributed by atoms with van der Waals surface area (Å²) in [6.07, 6.45) is 5.85. The number of nitrogens with one attached hydrogen (secondary N) is 1. The number of amides is 1. The van der Waals surface area contributed by atoms with Gasteiger partial charge in [0.05, 0.1) is 0 Å². The molecule has 0 aliphatic rings. The molecule has 0 saturated carbocycles. The summed E-state index contributed by atoms with van der Waals surface area (Å²) in [5.74, 6) is 0.472. The Morgan fingerprint density at radius 3 is 2.79 bits per heavy atom. The molecule has 2 aromatic rings. The largest absolute Gasteiger partial charge is 0.352 e. The van der Waals surface area contributed by atoms with E-state index in [1.165, 1.54) is 24.1 Å². The molecule has 0 saturated heterocycles. The molecule has 1 atom stereocenters. The first-order valence-electron chi connectivity index (χ1n) is 8.73. The van der Waals surface area contributed by atoms with E-state index in [1.807, 2.05) is 38.1 Å². The molecule has 1 aromatic heterocycles. The van der Waals surface area contributed by atoms with Crippen LogP contribution in [0.5, 0.6) is 0 Å². The maximum atomic E-state index is 12.1. The second-order valence-corrected chi connectivity index (χ2v) is 6.28. The number of aromatic nitrogens is 4. The van der Waals surface area contributed by atoms with Gasteiger partial charge in [-0.15, -0.1) is 10.2 Å². The molecule has 6 nitrogen and oxygen atoms in total. The number of hydrogen-bond donors (Lipinski definition) is 1. The zero-order chi connectivity index (χ0) is 17.4. The fourth-order valence-electron chi connectivity index (χ4n) is 2.64. The number of tetrazole rings is 1. The minimum Gasteiger partial charge on any atom is -0.352 e. The lowest BCUT2D eigenvalue weighted by Gasteiger charge is -2.13. The van der Waals surface area contributed by atoms with Crippen molar-refractivity contribution >= 4 is 5.91 Å². The highest BCUT2D eigenvalue weighted by Crippen LogP contribution is 2.17. The van der Waals surface area contributed by atoms with Gasteiger partial charge in [-0.05, 0) is 31.0 Å². The van der Waals surface area contributed by atoms with E-state index in [2.05, 4.69) is 27.7 Å². The first-order chi connectivity index (χ1) is 11.6. The van der Waals surface area contributed by atoms with Gasteiger partial charge in [-0.2, -0.15) is 4.80 Å². The summed E-state index contributed by atoms with van der Waals surface area (Å²) in [4.78, 5) is 13.4. The second-order valence-electron chi connectivity index (χ2n) is 6.28. The smallest absolute Gasteiger partial charge is 0.243 e. The monoisotopic (exact) mass is 329 g/mol. The highest BCUT2D eigenvalue weighted by molar-refractivity contribution is 5.75. The number of hydrogen-bond acceptors (Lipinski definition) is 4. The minimum absolute atomic E-state index is 0.0771. The highest BCUT2D eigenvalue weighted by atomic mass is 16.2. The van der Waals surface area contributed by atoms with Crippen LogP contribution in [-0.2, 0) is 11.3 Å². The van der Waals surface area contributed by atoms with Crippen molar-refractivity contribution in [2.24, 2.45) is 0 Å². The molecule has 0 unspecified atom stereocenters. The molecule has 6 heteroatoms. The van der Waals surface area contributed by atoms with E-state index in [0.29, 0.717) is 5.82 Å². The Labute approximate surface area is 143 Å². The van der Waals surface area contributed by atoms with E-state index in [9.17, 15) is 4.79 Å². The summed E-state index contributed by atoms with van der Waals surface area (Å²) in [6, 6.07) is 8.04. The van der Waals surface area contributed by atoms with Crippen molar-refractivity contribution in [1.82, 2.24) is 25.5 Å². The summed E-state index contributed by atoms with van der Waals surface area (Å²) in [6.45, 7) is 6.33. The predicted molar refractivity (Wildman–Crippen MR) is 94.4 cm³/mol. The molecule has 0 aliphatic heterocycles. The Hall–Kier alpha value is -2.24. The summed E-state index contributed by atoms with van der Waals surface area (Å²) in [5.41, 5.74) is 2.02. The molecule has 0 fully saturated rings. The quantitative estimate of drug-likeness (QED) is 0.717. The summed E-state index contributed by atoms with van der Waals surface area (Å²) in [5, 5.41) is 15.3. The zero-order valence-corrected chi connectivity index (χ0v) is 14.8. The van der Waals surface area contributed by atoms with Crippen molar-refractivity contribution in [1.29, 1.82) is 0 Å². The highest BCUT2D eigenvalue weighted by Gasteiger charge is 2.12. The van der Waals surface area contributed by atoms with Crippen molar-refractivity contribution < 1.29 is 4.79 Å². The fraction of sp³-hybridized carbons (Fsp3) is 0.556. The first kappa shape index (κ1) is 18.1. The average molecular weight is 329 g/mol. The van der Waals surface area contributed by atoms with Crippen molar-refractivity contribution in [3.05, 3.63) is 29.8 Å². The molecule has 0 aliphatic carbocycles. The Kier molecular flexibility index (Phi) is 6.90. The van der Waals surface area contributed by atoms with Crippen LogP contribution in [0.25, 0.3) is 11.4 Å². The third-order valence-electron chi connectivity index (χ3n) is 4.02. The maximum absolute atomic E-state index is 12.1. The number of nitrogens with zero attached hydrogens (tertiary/aromatic N) is 4. The van der Waals surface area contributed by atoms with E-state index in [0.717, 1.165) is 24.0 Å². The van der Waals surface area contributed by atoms with Crippen LogP contribution in [0.15, 0.2) is 24.3 Å². The van der Waals surface area contributed by atoms with Crippen molar-refractivity contribution in [3.63, 3.8) is 0 Å². The molecule has 0 bridgehead atoms. The number of aryl methyl sites for hydroxylation is 1. The van der Waals surface area contributed by atoms with E-state index in [-0.39, 0.29) is 18.5 Å². The standard InChI is InChI=1S/C18H27N5O/c1-4-5-6-7-11-15(3)19-17(24)13-23-21-18(20-22-23)16-12-9-8-10-14(16)2/h8-10,12,15H,4-7,11,13H2,1-3H3,(H,19,24)/t15-/m1/s1. The number of unbranched alkanes of at least 4 members (excludes halogenated alkanes) is 3. The van der Waals surface area contributed by atoms with Crippen molar-refractivity contribution in [2.45, 2.75) is 65.5 Å². The van der Waals surface area contributed by atoms with Gasteiger partial charge in [0, 0.05) is 11.6 Å². The topological polar surface area (TPSA) is 72.7 Å². The second kappa shape index (κ2) is 9.15. The minimum atomic E-state index is -0.0771. The Bertz CT molecular complexity index is 652. The maximum Gasteiger partial charge on any atom is 0.243 e. The molecule has 0 spiro atoms. The SMILES string of the molecule is CCCCCC[C@@H](C)NC(=O)Cn1nnc(-c2ccccc2C)n1. The Balaban J connectivity index is 1.83. The average Bonchev–Trinajstić information content (AvgIpc) is 3.00. The van der Waals surface area contributed by atoms with Gasteiger partial charge >= 0.3 is 0 Å². The molecule has 2 rings (SSSR count). The Morgan fingerprint density at radius 2 is 2.04 bits per heavy atom. The van der Waals surface area contributed by atoms with Crippen LogP contribution in [0.3, 0.4) is 0 Å². The van der Waals surface area contributed by atoms with Gasteiger partial charge in [0.25, 0.3) is 0 Å². The molecule has 130 valence electrons. The van der Waals surface area contributed by atoms with Gasteiger partial charge < -0.3 is 5.32 Å². The molecule has 1 heterocycles. The lowest BCUT2D eigenvalue weighted by Crippen LogP contribution is -2.35. The van der Waals surface area contributed by atoms with Crippen LogP contribution >= 0.6 is 0 Å². The lowest BCUT2D eigenvalue weighted by molar-refractivity contribution is -0.122. The van der Waals surface area contributed by atoms with E-state index in [4.69, 9.17) is 0 Å². The third-order valence-corrected chi connectivity index (χ3v) is 4.02. The predicted octanol–water partition coefficient (Wildman–Crippen LogP) is 3.12. The summed E-state index contributed by atoms with van der Waals surface area (Å²) >= 11 is 0. The van der Waals surface area contributed by atoms with Crippen LogP contribution < -0.4 is 5.32 Å². The molecule has 1 N–H and O–H groups in total.